The highest BCUT2D eigenvalue weighted by atomic mass is 16.2. The molecule has 0 N–H and O–H groups in total. The van der Waals surface area contributed by atoms with Gasteiger partial charge >= 0.3 is 0 Å². The van der Waals surface area contributed by atoms with Crippen molar-refractivity contribution in [3.05, 3.63) is 53.0 Å². The Hall–Kier alpha value is -2.47. The number of carbonyl (C=O) groups is 1. The zero-order valence-corrected chi connectivity index (χ0v) is 17.2. The summed E-state index contributed by atoms with van der Waals surface area (Å²) in [4.78, 5) is 29.2. The second-order valence-electron chi connectivity index (χ2n) is 8.52. The normalized spacial score (nSPS) is 20.3. The van der Waals surface area contributed by atoms with Crippen LogP contribution in [0.15, 0.2) is 30.6 Å². The first-order valence-corrected chi connectivity index (χ1v) is 10.9. The van der Waals surface area contributed by atoms with Gasteiger partial charge in [-0.3, -0.25) is 9.69 Å². The van der Waals surface area contributed by atoms with Crippen molar-refractivity contribution in [3.63, 3.8) is 0 Å². The minimum atomic E-state index is 0.100. The van der Waals surface area contributed by atoms with Gasteiger partial charge in [0.2, 0.25) is 0 Å². The van der Waals surface area contributed by atoms with E-state index in [1.165, 1.54) is 24.8 Å². The number of anilines is 1. The number of hydrogen-bond acceptors (Lipinski definition) is 5. The lowest BCUT2D eigenvalue weighted by Crippen LogP contribution is -2.52. The van der Waals surface area contributed by atoms with Gasteiger partial charge in [-0.2, -0.15) is 0 Å². The fraction of sp³-hybridized carbons (Fsp3) is 0.522. The molecule has 0 unspecified atom stereocenters. The number of aryl methyl sites for hydroxylation is 1. The average Bonchev–Trinajstić information content (AvgIpc) is 2.72. The molecule has 6 heteroatoms. The van der Waals surface area contributed by atoms with Crippen LogP contribution in [0.2, 0.25) is 0 Å². The molecule has 152 valence electrons. The summed E-state index contributed by atoms with van der Waals surface area (Å²) in [6, 6.07) is 8.63. The molecule has 0 radical (unpaired) electrons. The van der Waals surface area contributed by atoms with E-state index in [1.54, 1.807) is 6.33 Å². The van der Waals surface area contributed by atoms with E-state index >= 15 is 0 Å². The molecule has 1 aromatic carbocycles. The fourth-order valence-corrected chi connectivity index (χ4v) is 4.82. The Labute approximate surface area is 172 Å². The third-order valence-corrected chi connectivity index (χ3v) is 6.85. The lowest BCUT2D eigenvalue weighted by atomic mass is 9.91. The van der Waals surface area contributed by atoms with E-state index in [2.05, 4.69) is 19.8 Å². The second kappa shape index (κ2) is 7.75. The summed E-state index contributed by atoms with van der Waals surface area (Å²) < 4.78 is 0. The van der Waals surface area contributed by atoms with Crippen LogP contribution in [-0.2, 0) is 13.0 Å². The van der Waals surface area contributed by atoms with Gasteiger partial charge in [0.05, 0.1) is 12.2 Å². The number of fused-ring (bicyclic) bond motifs is 1. The highest BCUT2D eigenvalue weighted by molar-refractivity contribution is 5.95. The molecular weight excluding hydrogens is 362 g/mol. The van der Waals surface area contributed by atoms with Crippen molar-refractivity contribution in [2.45, 2.75) is 45.2 Å². The minimum absolute atomic E-state index is 0.100. The van der Waals surface area contributed by atoms with E-state index in [9.17, 15) is 4.79 Å². The Balaban J connectivity index is 1.30. The van der Waals surface area contributed by atoms with E-state index < -0.39 is 0 Å². The van der Waals surface area contributed by atoms with Crippen LogP contribution in [0.25, 0.3) is 0 Å². The SMILES string of the molecule is Cc1ccccc1C(=O)N1CCc2c(ncnc2N2CCN(C3CCC3)CC2)C1. The van der Waals surface area contributed by atoms with Gasteiger partial charge < -0.3 is 9.80 Å². The highest BCUT2D eigenvalue weighted by Gasteiger charge is 2.31. The van der Waals surface area contributed by atoms with Gasteiger partial charge in [-0.1, -0.05) is 24.6 Å². The topological polar surface area (TPSA) is 52.6 Å². The number of amides is 1. The van der Waals surface area contributed by atoms with Gasteiger partial charge in [-0.05, 0) is 37.8 Å². The maximum Gasteiger partial charge on any atom is 0.254 e. The van der Waals surface area contributed by atoms with Crippen LogP contribution in [0.3, 0.4) is 0 Å². The van der Waals surface area contributed by atoms with E-state index in [0.29, 0.717) is 6.54 Å². The van der Waals surface area contributed by atoms with Crippen molar-refractivity contribution in [1.29, 1.82) is 0 Å². The molecule has 2 aromatic rings. The second-order valence-corrected chi connectivity index (χ2v) is 8.52. The van der Waals surface area contributed by atoms with Gasteiger partial charge in [0.1, 0.15) is 12.1 Å². The van der Waals surface area contributed by atoms with Crippen LogP contribution >= 0.6 is 0 Å². The largest absolute Gasteiger partial charge is 0.354 e. The van der Waals surface area contributed by atoms with Crippen molar-refractivity contribution in [1.82, 2.24) is 19.8 Å². The van der Waals surface area contributed by atoms with Gasteiger partial charge in [0, 0.05) is 49.9 Å². The molecular formula is C23H29N5O. The average molecular weight is 392 g/mol. The summed E-state index contributed by atoms with van der Waals surface area (Å²) in [5.74, 6) is 1.19. The summed E-state index contributed by atoms with van der Waals surface area (Å²) in [7, 11) is 0. The molecule has 3 heterocycles. The summed E-state index contributed by atoms with van der Waals surface area (Å²) in [5, 5.41) is 0. The molecule has 0 atom stereocenters. The van der Waals surface area contributed by atoms with Gasteiger partial charge in [-0.15, -0.1) is 0 Å². The van der Waals surface area contributed by atoms with Gasteiger partial charge in [-0.25, -0.2) is 9.97 Å². The summed E-state index contributed by atoms with van der Waals surface area (Å²) in [6.07, 6.45) is 6.63. The molecule has 29 heavy (non-hydrogen) atoms. The Morgan fingerprint density at radius 3 is 2.55 bits per heavy atom. The van der Waals surface area contributed by atoms with E-state index in [0.717, 1.165) is 67.8 Å². The molecule has 6 nitrogen and oxygen atoms in total. The van der Waals surface area contributed by atoms with Crippen LogP contribution in [0, 0.1) is 6.92 Å². The van der Waals surface area contributed by atoms with Crippen molar-refractivity contribution in [2.75, 3.05) is 37.6 Å². The lowest BCUT2D eigenvalue weighted by molar-refractivity contribution is 0.0731. The first kappa shape index (κ1) is 18.6. The van der Waals surface area contributed by atoms with E-state index in [1.807, 2.05) is 36.1 Å². The smallest absolute Gasteiger partial charge is 0.254 e. The first-order chi connectivity index (χ1) is 14.2. The highest BCUT2D eigenvalue weighted by Crippen LogP contribution is 2.30. The summed E-state index contributed by atoms with van der Waals surface area (Å²) in [6.45, 7) is 7.61. The van der Waals surface area contributed by atoms with Crippen molar-refractivity contribution >= 4 is 11.7 Å². The fourth-order valence-electron chi connectivity index (χ4n) is 4.82. The number of carbonyl (C=O) groups excluding carboxylic acids is 1. The number of hydrogen-bond donors (Lipinski definition) is 0. The predicted molar refractivity (Wildman–Crippen MR) is 113 cm³/mol. The summed E-state index contributed by atoms with van der Waals surface area (Å²) in [5.41, 5.74) is 4.05. The Morgan fingerprint density at radius 1 is 1.03 bits per heavy atom. The number of aromatic nitrogens is 2. The van der Waals surface area contributed by atoms with Gasteiger partial charge in [0.15, 0.2) is 0 Å². The zero-order valence-electron chi connectivity index (χ0n) is 17.2. The molecule has 1 aromatic heterocycles. The summed E-state index contributed by atoms with van der Waals surface area (Å²) >= 11 is 0. The Kier molecular flexibility index (Phi) is 4.96. The molecule has 1 amide bonds. The molecule has 5 rings (SSSR count). The molecule has 1 aliphatic carbocycles. The van der Waals surface area contributed by atoms with Crippen LogP contribution in [0.4, 0.5) is 5.82 Å². The zero-order chi connectivity index (χ0) is 19.8. The van der Waals surface area contributed by atoms with Crippen LogP contribution < -0.4 is 4.90 Å². The van der Waals surface area contributed by atoms with Crippen LogP contribution in [-0.4, -0.2) is 64.4 Å². The number of rotatable bonds is 3. The standard InChI is InChI=1S/C23H29N5O/c1-17-5-2-3-8-19(17)23(29)28-10-9-20-21(15-28)24-16-25-22(20)27-13-11-26(12-14-27)18-6-4-7-18/h2-3,5,8,16,18H,4,6-7,9-15H2,1H3. The molecule has 2 fully saturated rings. The molecule has 0 bridgehead atoms. The van der Waals surface area contributed by atoms with Crippen molar-refractivity contribution in [2.24, 2.45) is 0 Å². The van der Waals surface area contributed by atoms with E-state index in [-0.39, 0.29) is 5.91 Å². The molecule has 1 saturated heterocycles. The lowest BCUT2D eigenvalue weighted by Gasteiger charge is -2.43. The third kappa shape index (κ3) is 3.50. The van der Waals surface area contributed by atoms with Crippen LogP contribution in [0.1, 0.15) is 46.4 Å². The maximum atomic E-state index is 13.0. The van der Waals surface area contributed by atoms with E-state index in [4.69, 9.17) is 0 Å². The van der Waals surface area contributed by atoms with Crippen molar-refractivity contribution in [3.8, 4) is 0 Å². The molecule has 1 saturated carbocycles. The number of nitrogens with zero attached hydrogens (tertiary/aromatic N) is 5. The quantitative estimate of drug-likeness (QED) is 0.805. The molecule has 3 aliphatic rings. The van der Waals surface area contributed by atoms with Crippen molar-refractivity contribution < 1.29 is 4.79 Å². The monoisotopic (exact) mass is 391 g/mol. The number of piperazine rings is 1. The Morgan fingerprint density at radius 2 is 1.83 bits per heavy atom. The number of benzene rings is 1. The predicted octanol–water partition coefficient (Wildman–Crippen LogP) is 2.66. The third-order valence-electron chi connectivity index (χ3n) is 6.85. The Bertz CT molecular complexity index is 902. The minimum Gasteiger partial charge on any atom is -0.354 e. The maximum absolute atomic E-state index is 13.0. The molecule has 2 aliphatic heterocycles. The first-order valence-electron chi connectivity index (χ1n) is 10.9. The van der Waals surface area contributed by atoms with Crippen LogP contribution in [0.5, 0.6) is 0 Å². The van der Waals surface area contributed by atoms with Gasteiger partial charge in [0.25, 0.3) is 5.91 Å². The molecule has 0 spiro atoms.